The zero-order chi connectivity index (χ0) is 10.7. The van der Waals surface area contributed by atoms with Crippen molar-refractivity contribution in [1.29, 1.82) is 5.26 Å². The normalized spacial score (nSPS) is 19.5. The van der Waals surface area contributed by atoms with Crippen molar-refractivity contribution in [3.05, 3.63) is 34.3 Å². The Kier molecular flexibility index (Phi) is 3.08. The fourth-order valence-electron chi connectivity index (χ4n) is 2.09. The van der Waals surface area contributed by atoms with Crippen LogP contribution in [0.3, 0.4) is 0 Å². The van der Waals surface area contributed by atoms with E-state index in [1.165, 1.54) is 0 Å². The SMILES string of the molecule is N#CC1(c2ccc(Br)cc2)CCNCC1. The van der Waals surface area contributed by atoms with E-state index in [9.17, 15) is 5.26 Å². The molecule has 0 saturated carbocycles. The minimum Gasteiger partial charge on any atom is -0.317 e. The van der Waals surface area contributed by atoms with Gasteiger partial charge in [0.15, 0.2) is 0 Å². The van der Waals surface area contributed by atoms with Crippen LogP contribution in [-0.4, -0.2) is 13.1 Å². The summed E-state index contributed by atoms with van der Waals surface area (Å²) in [6.07, 6.45) is 1.82. The second-order valence-electron chi connectivity index (χ2n) is 3.95. The first-order valence-electron chi connectivity index (χ1n) is 5.15. The van der Waals surface area contributed by atoms with Crippen LogP contribution in [0.25, 0.3) is 0 Å². The summed E-state index contributed by atoms with van der Waals surface area (Å²) < 4.78 is 1.06. The number of hydrogen-bond donors (Lipinski definition) is 1. The lowest BCUT2D eigenvalue weighted by Crippen LogP contribution is -2.38. The van der Waals surface area contributed by atoms with Crippen molar-refractivity contribution >= 4 is 15.9 Å². The molecule has 0 bridgehead atoms. The van der Waals surface area contributed by atoms with E-state index < -0.39 is 0 Å². The zero-order valence-electron chi connectivity index (χ0n) is 8.46. The van der Waals surface area contributed by atoms with Gasteiger partial charge in [0.05, 0.1) is 11.5 Å². The highest BCUT2D eigenvalue weighted by molar-refractivity contribution is 9.10. The van der Waals surface area contributed by atoms with E-state index in [0.717, 1.165) is 36.0 Å². The summed E-state index contributed by atoms with van der Waals surface area (Å²) in [7, 11) is 0. The number of nitrogens with one attached hydrogen (secondary N) is 1. The standard InChI is InChI=1S/C12H13BrN2/c13-11-3-1-10(2-4-11)12(9-14)5-7-15-8-6-12/h1-4,15H,5-8H2. The molecule has 1 heterocycles. The van der Waals surface area contributed by atoms with E-state index in [2.05, 4.69) is 39.4 Å². The topological polar surface area (TPSA) is 35.8 Å². The molecule has 3 heteroatoms. The second-order valence-corrected chi connectivity index (χ2v) is 4.87. The molecule has 1 aliphatic heterocycles. The number of nitriles is 1. The lowest BCUT2D eigenvalue weighted by molar-refractivity contribution is 0.382. The van der Waals surface area contributed by atoms with Crippen molar-refractivity contribution in [1.82, 2.24) is 5.32 Å². The van der Waals surface area contributed by atoms with E-state index in [0.29, 0.717) is 0 Å². The Balaban J connectivity index is 2.33. The van der Waals surface area contributed by atoms with Crippen LogP contribution < -0.4 is 5.32 Å². The van der Waals surface area contributed by atoms with Gasteiger partial charge in [-0.05, 0) is 43.6 Å². The van der Waals surface area contributed by atoms with Gasteiger partial charge < -0.3 is 5.32 Å². The van der Waals surface area contributed by atoms with Gasteiger partial charge in [-0.3, -0.25) is 0 Å². The Labute approximate surface area is 98.4 Å². The molecule has 2 nitrogen and oxygen atoms in total. The molecule has 0 atom stereocenters. The second kappa shape index (κ2) is 4.34. The number of piperidine rings is 1. The lowest BCUT2D eigenvalue weighted by Gasteiger charge is -2.31. The van der Waals surface area contributed by atoms with Crippen molar-refractivity contribution in [3.63, 3.8) is 0 Å². The summed E-state index contributed by atoms with van der Waals surface area (Å²) in [5, 5.41) is 12.7. The Morgan fingerprint density at radius 3 is 2.33 bits per heavy atom. The third-order valence-corrected chi connectivity index (χ3v) is 3.60. The summed E-state index contributed by atoms with van der Waals surface area (Å²) in [6.45, 7) is 1.87. The molecule has 0 spiro atoms. The maximum atomic E-state index is 9.37. The van der Waals surface area contributed by atoms with Gasteiger partial charge in [-0.2, -0.15) is 5.26 Å². The fraction of sp³-hybridized carbons (Fsp3) is 0.417. The van der Waals surface area contributed by atoms with Crippen LogP contribution >= 0.6 is 15.9 Å². The molecule has 1 saturated heterocycles. The first-order chi connectivity index (χ1) is 7.27. The Morgan fingerprint density at radius 1 is 1.20 bits per heavy atom. The largest absolute Gasteiger partial charge is 0.317 e. The average molecular weight is 265 g/mol. The van der Waals surface area contributed by atoms with Gasteiger partial charge >= 0.3 is 0 Å². The number of hydrogen-bond acceptors (Lipinski definition) is 2. The lowest BCUT2D eigenvalue weighted by atomic mass is 9.74. The Bertz CT molecular complexity index is 372. The van der Waals surface area contributed by atoms with E-state index in [4.69, 9.17) is 0 Å². The van der Waals surface area contributed by atoms with Crippen LogP contribution in [0.4, 0.5) is 0 Å². The predicted molar refractivity (Wildman–Crippen MR) is 63.5 cm³/mol. The fourth-order valence-corrected chi connectivity index (χ4v) is 2.35. The van der Waals surface area contributed by atoms with Crippen LogP contribution in [0, 0.1) is 11.3 Å². The van der Waals surface area contributed by atoms with Gasteiger partial charge in [-0.25, -0.2) is 0 Å². The molecule has 0 amide bonds. The van der Waals surface area contributed by atoms with Gasteiger partial charge in [0.1, 0.15) is 0 Å². The zero-order valence-corrected chi connectivity index (χ0v) is 10.0. The molecular weight excluding hydrogens is 252 g/mol. The first-order valence-corrected chi connectivity index (χ1v) is 5.94. The van der Waals surface area contributed by atoms with Crippen LogP contribution in [0.1, 0.15) is 18.4 Å². The number of benzene rings is 1. The van der Waals surface area contributed by atoms with Gasteiger partial charge in [0, 0.05) is 4.47 Å². The number of rotatable bonds is 1. The van der Waals surface area contributed by atoms with Crippen LogP contribution in [0.2, 0.25) is 0 Å². The van der Waals surface area contributed by atoms with Crippen molar-refractivity contribution in [2.45, 2.75) is 18.3 Å². The molecule has 0 radical (unpaired) electrons. The molecule has 1 aromatic rings. The van der Waals surface area contributed by atoms with Gasteiger partial charge in [0.25, 0.3) is 0 Å². The number of halogens is 1. The van der Waals surface area contributed by atoms with Crippen molar-refractivity contribution in [2.75, 3.05) is 13.1 Å². The Hall–Kier alpha value is -0.850. The van der Waals surface area contributed by atoms with Gasteiger partial charge in [-0.1, -0.05) is 28.1 Å². The highest BCUT2D eigenvalue weighted by atomic mass is 79.9. The molecule has 15 heavy (non-hydrogen) atoms. The molecule has 1 aliphatic rings. The minimum atomic E-state index is -0.272. The Morgan fingerprint density at radius 2 is 1.80 bits per heavy atom. The third kappa shape index (κ3) is 2.06. The summed E-state index contributed by atoms with van der Waals surface area (Å²) in [4.78, 5) is 0. The van der Waals surface area contributed by atoms with E-state index in [-0.39, 0.29) is 5.41 Å². The van der Waals surface area contributed by atoms with E-state index >= 15 is 0 Å². The number of nitrogens with zero attached hydrogens (tertiary/aromatic N) is 1. The van der Waals surface area contributed by atoms with Crippen LogP contribution in [0.5, 0.6) is 0 Å². The maximum absolute atomic E-state index is 9.37. The summed E-state index contributed by atoms with van der Waals surface area (Å²) in [5.41, 5.74) is 0.876. The molecule has 1 N–H and O–H groups in total. The summed E-state index contributed by atoms with van der Waals surface area (Å²) in [6, 6.07) is 10.6. The van der Waals surface area contributed by atoms with Crippen molar-refractivity contribution < 1.29 is 0 Å². The highest BCUT2D eigenvalue weighted by Crippen LogP contribution is 2.33. The van der Waals surface area contributed by atoms with E-state index in [1.807, 2.05) is 12.1 Å². The van der Waals surface area contributed by atoms with Crippen LogP contribution in [-0.2, 0) is 5.41 Å². The molecule has 0 unspecified atom stereocenters. The smallest absolute Gasteiger partial charge is 0.0846 e. The summed E-state index contributed by atoms with van der Waals surface area (Å²) in [5.74, 6) is 0. The van der Waals surface area contributed by atoms with Gasteiger partial charge in [0.2, 0.25) is 0 Å². The quantitative estimate of drug-likeness (QED) is 0.847. The third-order valence-electron chi connectivity index (χ3n) is 3.07. The molecule has 2 rings (SSSR count). The highest BCUT2D eigenvalue weighted by Gasteiger charge is 2.33. The molecular formula is C12H13BrN2. The van der Waals surface area contributed by atoms with E-state index in [1.54, 1.807) is 0 Å². The van der Waals surface area contributed by atoms with Crippen molar-refractivity contribution in [2.24, 2.45) is 0 Å². The molecule has 1 aromatic carbocycles. The van der Waals surface area contributed by atoms with Crippen LogP contribution in [0.15, 0.2) is 28.7 Å². The van der Waals surface area contributed by atoms with Crippen molar-refractivity contribution in [3.8, 4) is 6.07 Å². The van der Waals surface area contributed by atoms with Gasteiger partial charge in [-0.15, -0.1) is 0 Å². The average Bonchev–Trinajstić information content (AvgIpc) is 2.31. The first kappa shape index (κ1) is 10.7. The monoisotopic (exact) mass is 264 g/mol. The minimum absolute atomic E-state index is 0.272. The summed E-state index contributed by atoms with van der Waals surface area (Å²) >= 11 is 3.41. The molecule has 0 aliphatic carbocycles. The predicted octanol–water partition coefficient (Wildman–Crippen LogP) is 2.59. The molecule has 0 aromatic heterocycles. The molecule has 1 fully saturated rings. The molecule has 78 valence electrons. The maximum Gasteiger partial charge on any atom is 0.0846 e.